The van der Waals surface area contributed by atoms with Gasteiger partial charge in [0.2, 0.25) is 0 Å². The van der Waals surface area contributed by atoms with Crippen molar-refractivity contribution >= 4 is 13.3 Å². The van der Waals surface area contributed by atoms with Crippen LogP contribution in [-0.4, -0.2) is 36.2 Å². The summed E-state index contributed by atoms with van der Waals surface area (Å²) in [5.74, 6) is -1.18. The van der Waals surface area contributed by atoms with Crippen molar-refractivity contribution in [2.75, 3.05) is 6.61 Å². The molecule has 0 aromatic rings. The normalized spacial score (nSPS) is 8.64. The predicted molar refractivity (Wildman–Crippen MR) is 28.5 cm³/mol. The summed E-state index contributed by atoms with van der Waals surface area (Å²) in [5.41, 5.74) is 4.77. The van der Waals surface area contributed by atoms with Crippen molar-refractivity contribution in [2.24, 2.45) is 5.73 Å². The predicted octanol–water partition coefficient (Wildman–Crippen LogP) is -14.5. The van der Waals surface area contributed by atoms with Gasteiger partial charge in [-0.05, 0) is 0 Å². The minimum atomic E-state index is -2.92. The third-order valence-electron chi connectivity index (χ3n) is 0.514. The van der Waals surface area contributed by atoms with Gasteiger partial charge in [-0.3, -0.25) is 12.1 Å². The van der Waals surface area contributed by atoms with Gasteiger partial charge in [-0.1, -0.05) is 0 Å². The number of nitrogens with two attached hydrogens (primary N) is 1. The van der Waals surface area contributed by atoms with Gasteiger partial charge in [0.15, 0.2) is 0 Å². The van der Waals surface area contributed by atoms with Crippen molar-refractivity contribution in [1.82, 2.24) is 0 Å². The summed E-state index contributed by atoms with van der Waals surface area (Å²) in [6.07, 6.45) is 0. The Morgan fingerprint density at radius 2 is 1.50 bits per heavy atom. The molecule has 0 amide bonds. The van der Waals surface area contributed by atoms with Gasteiger partial charge in [0.25, 0.3) is 0 Å². The molecule has 0 heterocycles. The van der Waals surface area contributed by atoms with E-state index in [1.807, 2.05) is 0 Å². The maximum absolute atomic E-state index is 9.65. The van der Waals surface area contributed by atoms with Gasteiger partial charge in [-0.25, -0.2) is 0 Å². The monoisotopic (exact) mass is 233 g/mol. The van der Waals surface area contributed by atoms with Crippen LogP contribution in [0, 0.1) is 0 Å². The summed E-state index contributed by atoms with van der Waals surface area (Å²) in [4.78, 5) is 9.65. The average molecular weight is 233 g/mol. The fourth-order valence-corrected chi connectivity index (χ4v) is 0.0781. The molecule has 66 valence electrons. The fourth-order valence-electron chi connectivity index (χ4n) is 0.0781. The van der Waals surface area contributed by atoms with E-state index in [9.17, 15) is 4.79 Å². The minimum Gasteiger partial charge on any atom is -0.907 e. The molecule has 7 nitrogen and oxygen atoms in total. The van der Waals surface area contributed by atoms with Crippen LogP contribution in [0.4, 0.5) is 0 Å². The summed E-state index contributed by atoms with van der Waals surface area (Å²) in [6, 6.07) is -1.13. The van der Waals surface area contributed by atoms with E-state index in [1.165, 1.54) is 0 Å². The maximum atomic E-state index is 9.65. The molecular formula is C3H7BNNa3O6. The molecule has 11 heteroatoms. The molecule has 0 aliphatic carbocycles. The summed E-state index contributed by atoms with van der Waals surface area (Å²) in [5, 5.41) is 41.1. The minimum absolute atomic E-state index is 0. The molecule has 0 unspecified atom stereocenters. The van der Waals surface area contributed by atoms with Gasteiger partial charge in [0.1, 0.15) is 6.04 Å². The summed E-state index contributed by atoms with van der Waals surface area (Å²) < 4.78 is 0. The second-order valence-electron chi connectivity index (χ2n) is 1.42. The van der Waals surface area contributed by atoms with Crippen LogP contribution in [0.2, 0.25) is 0 Å². The molecule has 0 rings (SSSR count). The van der Waals surface area contributed by atoms with Crippen molar-refractivity contribution < 1.29 is 119 Å². The molecule has 0 radical (unpaired) electrons. The zero-order valence-corrected chi connectivity index (χ0v) is 14.5. The average Bonchev–Trinajstić information content (AvgIpc) is 1.85. The van der Waals surface area contributed by atoms with E-state index < -0.39 is 25.9 Å². The Labute approximate surface area is 148 Å². The number of aliphatic hydroxyl groups is 1. The van der Waals surface area contributed by atoms with Crippen molar-refractivity contribution in [1.29, 1.82) is 0 Å². The molecule has 0 aliphatic rings. The van der Waals surface area contributed by atoms with Crippen LogP contribution >= 0.6 is 0 Å². The number of carboxylic acids is 1. The quantitative estimate of drug-likeness (QED) is 0.400. The first-order chi connectivity index (χ1) is 4.91. The maximum Gasteiger partial charge on any atom is 1.00 e. The van der Waals surface area contributed by atoms with Crippen molar-refractivity contribution in [2.45, 2.75) is 6.04 Å². The molecule has 0 spiro atoms. The van der Waals surface area contributed by atoms with Crippen LogP contribution in [0.25, 0.3) is 0 Å². The molecule has 1 atom stereocenters. The Hall–Kier alpha value is 2.33. The molecule has 0 bridgehead atoms. The second kappa shape index (κ2) is 20.7. The molecular weight excluding hydrogens is 226 g/mol. The van der Waals surface area contributed by atoms with Gasteiger partial charge in [0, 0.05) is 0 Å². The Morgan fingerprint density at radius 3 is 1.50 bits per heavy atom. The molecule has 0 saturated heterocycles. The molecule has 14 heavy (non-hydrogen) atoms. The van der Waals surface area contributed by atoms with Crippen LogP contribution in [0.1, 0.15) is 0 Å². The van der Waals surface area contributed by atoms with Crippen LogP contribution in [0.5, 0.6) is 0 Å². The van der Waals surface area contributed by atoms with Gasteiger partial charge < -0.3 is 31.0 Å². The molecule has 0 saturated carbocycles. The molecule has 0 fully saturated rings. The SMILES string of the molecule is N[C@@H](CO)C(=O)O.[Na+].[Na+].[Na+].[O-]B([O-])[O-]. The van der Waals surface area contributed by atoms with Gasteiger partial charge in [-0.2, -0.15) is 0 Å². The summed E-state index contributed by atoms with van der Waals surface area (Å²) in [7, 11) is -2.92. The number of aliphatic hydroxyl groups excluding tert-OH is 1. The van der Waals surface area contributed by atoms with Crippen molar-refractivity contribution in [3.63, 3.8) is 0 Å². The first-order valence-corrected chi connectivity index (χ1v) is 2.48. The van der Waals surface area contributed by atoms with Crippen LogP contribution in [0.15, 0.2) is 0 Å². The summed E-state index contributed by atoms with van der Waals surface area (Å²) >= 11 is 0. The van der Waals surface area contributed by atoms with Crippen LogP contribution < -0.4 is 109 Å². The second-order valence-corrected chi connectivity index (χ2v) is 1.42. The van der Waals surface area contributed by atoms with Crippen LogP contribution in [0.3, 0.4) is 0 Å². The Morgan fingerprint density at radius 1 is 1.29 bits per heavy atom. The van der Waals surface area contributed by atoms with Gasteiger partial charge in [0.05, 0.1) is 6.61 Å². The smallest absolute Gasteiger partial charge is 0.907 e. The fraction of sp³-hybridized carbons (Fsp3) is 0.667. The van der Waals surface area contributed by atoms with Gasteiger partial charge >= 0.3 is 94.6 Å². The largest absolute Gasteiger partial charge is 1.00 e. The molecule has 4 N–H and O–H groups in total. The topological polar surface area (TPSA) is 153 Å². The first-order valence-electron chi connectivity index (χ1n) is 2.48. The molecule has 0 aromatic heterocycles. The van der Waals surface area contributed by atoms with Crippen molar-refractivity contribution in [3.05, 3.63) is 0 Å². The Balaban J connectivity index is -0.0000000347. The van der Waals surface area contributed by atoms with E-state index in [2.05, 4.69) is 0 Å². The Bertz CT molecular complexity index is 116. The zero-order valence-electron chi connectivity index (χ0n) is 8.47. The zero-order chi connectivity index (χ0) is 9.44. The van der Waals surface area contributed by atoms with Gasteiger partial charge in [-0.15, -0.1) is 0 Å². The van der Waals surface area contributed by atoms with E-state index in [0.717, 1.165) is 0 Å². The number of hydrogen-bond donors (Lipinski definition) is 3. The third kappa shape index (κ3) is 36.7. The third-order valence-corrected chi connectivity index (χ3v) is 0.514. The van der Waals surface area contributed by atoms with E-state index in [-0.39, 0.29) is 88.7 Å². The van der Waals surface area contributed by atoms with E-state index >= 15 is 0 Å². The Kier molecular flexibility index (Phi) is 44.2. The number of carbonyl (C=O) groups is 1. The number of carboxylic acid groups (broad SMARTS) is 1. The number of aliphatic carboxylic acids is 1. The standard InChI is InChI=1S/C3H7NO3.BO3.3Na/c4-2(1-5)3(6)7;2-1(3)4;;;/h2,5H,1,4H2,(H,6,7);;;;/q;-3;3*+1/t2-;;;;/m0..../s1. The first kappa shape index (κ1) is 29.9. The van der Waals surface area contributed by atoms with Crippen molar-refractivity contribution in [3.8, 4) is 0 Å². The molecule has 0 aliphatic heterocycles. The van der Waals surface area contributed by atoms with E-state index in [1.54, 1.807) is 0 Å². The van der Waals surface area contributed by atoms with E-state index in [0.29, 0.717) is 0 Å². The molecule has 0 aromatic carbocycles. The number of rotatable bonds is 2. The summed E-state index contributed by atoms with van der Waals surface area (Å²) in [6.45, 7) is -0.505. The van der Waals surface area contributed by atoms with Crippen LogP contribution in [-0.2, 0) is 4.79 Å². The van der Waals surface area contributed by atoms with E-state index in [4.69, 9.17) is 31.0 Å². The number of hydrogen-bond acceptors (Lipinski definition) is 6.